The van der Waals surface area contributed by atoms with Crippen LogP contribution in [-0.4, -0.2) is 10.2 Å². The van der Waals surface area contributed by atoms with Gasteiger partial charge in [0.05, 0.1) is 4.47 Å². The van der Waals surface area contributed by atoms with Gasteiger partial charge in [-0.05, 0) is 35.0 Å². The molecule has 0 spiro atoms. The van der Waals surface area contributed by atoms with Gasteiger partial charge in [-0.1, -0.05) is 6.07 Å². The number of nitrogens with zero attached hydrogens (tertiary/aromatic N) is 1. The second-order valence-corrected chi connectivity index (χ2v) is 4.44. The Balaban J connectivity index is 2.30. The van der Waals surface area contributed by atoms with E-state index in [2.05, 4.69) is 26.1 Å². The van der Waals surface area contributed by atoms with Crippen LogP contribution in [0.1, 0.15) is 11.3 Å². The van der Waals surface area contributed by atoms with Crippen LogP contribution in [0.5, 0.6) is 5.75 Å². The Kier molecular flexibility index (Phi) is 1.85. The SMILES string of the molecule is Cc1[nH]nc2c1COc1c(Br)cccc1-2. The highest BCUT2D eigenvalue weighted by Crippen LogP contribution is 2.41. The predicted octanol–water partition coefficient (Wildman–Crippen LogP) is 3.04. The van der Waals surface area contributed by atoms with E-state index in [1.807, 2.05) is 25.1 Å². The number of aryl methyl sites for hydroxylation is 1. The molecule has 1 aliphatic heterocycles. The molecule has 0 saturated carbocycles. The van der Waals surface area contributed by atoms with Gasteiger partial charge in [0.15, 0.2) is 0 Å². The summed E-state index contributed by atoms with van der Waals surface area (Å²) in [6, 6.07) is 5.99. The number of benzene rings is 1. The number of hydrogen-bond acceptors (Lipinski definition) is 2. The average molecular weight is 265 g/mol. The van der Waals surface area contributed by atoms with Gasteiger partial charge in [0.2, 0.25) is 0 Å². The van der Waals surface area contributed by atoms with E-state index < -0.39 is 0 Å². The molecule has 1 aromatic carbocycles. The minimum absolute atomic E-state index is 0.591. The smallest absolute Gasteiger partial charge is 0.143 e. The third kappa shape index (κ3) is 1.21. The Morgan fingerprint density at radius 2 is 2.33 bits per heavy atom. The zero-order valence-electron chi connectivity index (χ0n) is 8.17. The van der Waals surface area contributed by atoms with Crippen LogP contribution in [0.15, 0.2) is 22.7 Å². The summed E-state index contributed by atoms with van der Waals surface area (Å²) < 4.78 is 6.69. The van der Waals surface area contributed by atoms with E-state index >= 15 is 0 Å². The van der Waals surface area contributed by atoms with E-state index in [9.17, 15) is 0 Å². The molecule has 15 heavy (non-hydrogen) atoms. The number of para-hydroxylation sites is 1. The summed E-state index contributed by atoms with van der Waals surface area (Å²) in [5, 5.41) is 7.31. The summed E-state index contributed by atoms with van der Waals surface area (Å²) in [6.45, 7) is 2.60. The fourth-order valence-corrected chi connectivity index (χ4v) is 2.32. The summed E-state index contributed by atoms with van der Waals surface area (Å²) in [5.74, 6) is 0.886. The van der Waals surface area contributed by atoms with Crippen molar-refractivity contribution >= 4 is 15.9 Å². The number of aromatic amines is 1. The van der Waals surface area contributed by atoms with Gasteiger partial charge in [0.1, 0.15) is 18.1 Å². The molecule has 2 aromatic rings. The molecule has 1 aliphatic rings. The number of aromatic nitrogens is 2. The Morgan fingerprint density at radius 3 is 3.20 bits per heavy atom. The van der Waals surface area contributed by atoms with Crippen molar-refractivity contribution in [2.75, 3.05) is 0 Å². The lowest BCUT2D eigenvalue weighted by molar-refractivity contribution is 0.299. The number of rotatable bonds is 0. The second kappa shape index (κ2) is 3.10. The summed E-state index contributed by atoms with van der Waals surface area (Å²) in [4.78, 5) is 0. The standard InChI is InChI=1S/C11H9BrN2O/c1-6-8-5-15-11-7(10(8)14-13-6)3-2-4-9(11)12/h2-4H,5H2,1H3,(H,13,14). The highest BCUT2D eigenvalue weighted by atomic mass is 79.9. The number of halogens is 1. The van der Waals surface area contributed by atoms with Crippen molar-refractivity contribution in [1.29, 1.82) is 0 Å². The van der Waals surface area contributed by atoms with E-state index in [0.29, 0.717) is 6.61 Å². The number of H-pyrrole nitrogens is 1. The van der Waals surface area contributed by atoms with Crippen LogP contribution in [-0.2, 0) is 6.61 Å². The molecule has 0 radical (unpaired) electrons. The van der Waals surface area contributed by atoms with Crippen molar-refractivity contribution in [3.05, 3.63) is 33.9 Å². The summed E-state index contributed by atoms with van der Waals surface area (Å²) in [7, 11) is 0. The van der Waals surface area contributed by atoms with E-state index in [1.165, 1.54) is 0 Å². The van der Waals surface area contributed by atoms with Crippen LogP contribution in [0.3, 0.4) is 0 Å². The minimum atomic E-state index is 0.591. The van der Waals surface area contributed by atoms with Gasteiger partial charge in [-0.25, -0.2) is 0 Å². The Morgan fingerprint density at radius 1 is 1.47 bits per heavy atom. The number of fused-ring (bicyclic) bond motifs is 3. The minimum Gasteiger partial charge on any atom is -0.487 e. The average Bonchev–Trinajstić information content (AvgIpc) is 2.61. The molecule has 0 atom stereocenters. The molecule has 3 rings (SSSR count). The zero-order valence-corrected chi connectivity index (χ0v) is 9.76. The monoisotopic (exact) mass is 264 g/mol. The molecule has 0 aliphatic carbocycles. The summed E-state index contributed by atoms with van der Waals surface area (Å²) >= 11 is 3.48. The molecular formula is C11H9BrN2O. The Hall–Kier alpha value is -1.29. The fraction of sp³-hybridized carbons (Fsp3) is 0.182. The molecule has 1 aromatic heterocycles. The van der Waals surface area contributed by atoms with Gasteiger partial charge in [-0.3, -0.25) is 5.10 Å². The van der Waals surface area contributed by atoms with Crippen LogP contribution in [0.4, 0.5) is 0 Å². The molecule has 0 fully saturated rings. The normalized spacial score (nSPS) is 12.9. The molecule has 2 heterocycles. The number of ether oxygens (including phenoxy) is 1. The van der Waals surface area contributed by atoms with Crippen molar-refractivity contribution in [2.24, 2.45) is 0 Å². The van der Waals surface area contributed by atoms with Crippen LogP contribution < -0.4 is 4.74 Å². The molecule has 3 nitrogen and oxygen atoms in total. The number of nitrogens with one attached hydrogen (secondary N) is 1. The molecular weight excluding hydrogens is 256 g/mol. The van der Waals surface area contributed by atoms with Crippen molar-refractivity contribution in [1.82, 2.24) is 10.2 Å². The molecule has 0 saturated heterocycles. The Labute approximate surface area is 95.6 Å². The largest absolute Gasteiger partial charge is 0.487 e. The highest BCUT2D eigenvalue weighted by Gasteiger charge is 2.22. The van der Waals surface area contributed by atoms with E-state index in [4.69, 9.17) is 4.74 Å². The molecule has 1 N–H and O–H groups in total. The van der Waals surface area contributed by atoms with Gasteiger partial charge in [0.25, 0.3) is 0 Å². The first kappa shape index (κ1) is 8.97. The van der Waals surface area contributed by atoms with Crippen molar-refractivity contribution in [3.8, 4) is 17.0 Å². The molecule has 0 amide bonds. The first-order valence-electron chi connectivity index (χ1n) is 4.73. The summed E-state index contributed by atoms with van der Waals surface area (Å²) in [6.07, 6.45) is 0. The maximum atomic E-state index is 5.71. The van der Waals surface area contributed by atoms with E-state index in [1.54, 1.807) is 0 Å². The van der Waals surface area contributed by atoms with E-state index in [0.717, 1.165) is 32.7 Å². The van der Waals surface area contributed by atoms with Gasteiger partial charge in [-0.2, -0.15) is 5.10 Å². The molecule has 76 valence electrons. The van der Waals surface area contributed by atoms with Crippen LogP contribution in [0, 0.1) is 6.92 Å². The Bertz CT molecular complexity index is 533. The maximum Gasteiger partial charge on any atom is 0.143 e. The molecule has 0 unspecified atom stereocenters. The summed E-state index contributed by atoms with van der Waals surface area (Å²) in [5.41, 5.74) is 4.29. The third-order valence-electron chi connectivity index (χ3n) is 2.66. The van der Waals surface area contributed by atoms with Crippen LogP contribution in [0.2, 0.25) is 0 Å². The van der Waals surface area contributed by atoms with E-state index in [-0.39, 0.29) is 0 Å². The first-order valence-corrected chi connectivity index (χ1v) is 5.52. The predicted molar refractivity (Wildman–Crippen MR) is 60.8 cm³/mol. The van der Waals surface area contributed by atoms with Crippen LogP contribution >= 0.6 is 15.9 Å². The molecule has 0 bridgehead atoms. The molecule has 4 heteroatoms. The topological polar surface area (TPSA) is 37.9 Å². The first-order chi connectivity index (χ1) is 7.27. The van der Waals surface area contributed by atoms with Gasteiger partial charge in [0, 0.05) is 16.8 Å². The highest BCUT2D eigenvalue weighted by molar-refractivity contribution is 9.10. The lowest BCUT2D eigenvalue weighted by Crippen LogP contribution is -2.05. The number of hydrogen-bond donors (Lipinski definition) is 1. The zero-order chi connectivity index (χ0) is 10.4. The van der Waals surface area contributed by atoms with Crippen molar-refractivity contribution < 1.29 is 4.74 Å². The van der Waals surface area contributed by atoms with Gasteiger partial charge >= 0.3 is 0 Å². The third-order valence-corrected chi connectivity index (χ3v) is 3.28. The van der Waals surface area contributed by atoms with Gasteiger partial charge < -0.3 is 4.74 Å². The maximum absolute atomic E-state index is 5.71. The van der Waals surface area contributed by atoms with Crippen molar-refractivity contribution in [2.45, 2.75) is 13.5 Å². The lowest BCUT2D eigenvalue weighted by atomic mass is 10.0. The van der Waals surface area contributed by atoms with Crippen molar-refractivity contribution in [3.63, 3.8) is 0 Å². The second-order valence-electron chi connectivity index (χ2n) is 3.58. The van der Waals surface area contributed by atoms with Crippen LogP contribution in [0.25, 0.3) is 11.3 Å². The lowest BCUT2D eigenvalue weighted by Gasteiger charge is -2.18. The fourth-order valence-electron chi connectivity index (χ4n) is 1.84. The van der Waals surface area contributed by atoms with Gasteiger partial charge in [-0.15, -0.1) is 0 Å². The quantitative estimate of drug-likeness (QED) is 0.795.